The molecule has 2 nitrogen and oxygen atoms in total. The van der Waals surface area contributed by atoms with Crippen LogP contribution in [0.2, 0.25) is 24.2 Å². The molecule has 2 atom stereocenters. The van der Waals surface area contributed by atoms with E-state index in [4.69, 9.17) is 9.47 Å². The molecule has 0 bridgehead atoms. The van der Waals surface area contributed by atoms with E-state index in [1.54, 1.807) is 0 Å². The van der Waals surface area contributed by atoms with Crippen molar-refractivity contribution in [1.82, 2.24) is 0 Å². The second-order valence-corrected chi connectivity index (χ2v) is 20.2. The van der Waals surface area contributed by atoms with Gasteiger partial charge in [-0.2, -0.15) is 0 Å². The molecule has 0 saturated heterocycles. The van der Waals surface area contributed by atoms with E-state index in [0.29, 0.717) is 10.1 Å². The molecule has 26 heavy (non-hydrogen) atoms. The Morgan fingerprint density at radius 2 is 0.885 bits per heavy atom. The molecule has 0 aliphatic rings. The van der Waals surface area contributed by atoms with Gasteiger partial charge in [-0.25, -0.2) is 0 Å². The fraction of sp³-hybridized carbons (Fsp3) is 1.00. The van der Waals surface area contributed by atoms with Gasteiger partial charge in [0.1, 0.15) is 0 Å². The van der Waals surface area contributed by atoms with Gasteiger partial charge in [-0.05, 0) is 33.5 Å². The lowest BCUT2D eigenvalue weighted by Gasteiger charge is -2.26. The third-order valence-electron chi connectivity index (χ3n) is 4.37. The van der Waals surface area contributed by atoms with Crippen molar-refractivity contribution in [3.8, 4) is 0 Å². The molecule has 0 spiro atoms. The third kappa shape index (κ3) is 13.1. The summed E-state index contributed by atoms with van der Waals surface area (Å²) in [4.78, 5) is 0. The standard InChI is InChI=1S/C18H42O2S4Si2/c1-7-13-25(14-8-2)17(19-11-5)21-23-24-22-18(20-12-6)26(15-9-3)16-10-4/h17-18,25-26H,7-16H2,1-6H3. The first-order chi connectivity index (χ1) is 12.7. The second-order valence-electron chi connectivity index (χ2n) is 6.65. The van der Waals surface area contributed by atoms with Crippen molar-refractivity contribution in [2.45, 2.75) is 102 Å². The van der Waals surface area contributed by atoms with E-state index in [1.165, 1.54) is 49.9 Å². The molecular formula is C18H42O2S4Si2. The highest BCUT2D eigenvalue weighted by molar-refractivity contribution is 9.26. The molecule has 0 rings (SSSR count). The molecule has 0 N–H and O–H groups in total. The predicted molar refractivity (Wildman–Crippen MR) is 136 cm³/mol. The molecule has 0 radical (unpaired) electrons. The van der Waals surface area contributed by atoms with Gasteiger partial charge in [0.15, 0.2) is 0 Å². The maximum atomic E-state index is 6.15. The zero-order valence-corrected chi connectivity index (χ0v) is 23.4. The molecule has 2 unspecified atom stereocenters. The maximum Gasteiger partial charge on any atom is 0.0987 e. The quantitative estimate of drug-likeness (QED) is 0.0825. The highest BCUT2D eigenvalue weighted by Gasteiger charge is 2.26. The number of hydrogen-bond acceptors (Lipinski definition) is 6. The Balaban J connectivity index is 4.50. The summed E-state index contributed by atoms with van der Waals surface area (Å²) >= 11 is 0. The van der Waals surface area contributed by atoms with E-state index < -0.39 is 17.6 Å². The van der Waals surface area contributed by atoms with Gasteiger partial charge in [-0.15, -0.1) is 0 Å². The summed E-state index contributed by atoms with van der Waals surface area (Å²) in [6, 6.07) is 5.64. The first kappa shape index (κ1) is 27.8. The average molecular weight is 475 g/mol. The average Bonchev–Trinajstić information content (AvgIpc) is 2.63. The molecule has 8 heteroatoms. The Labute approximate surface area is 182 Å². The van der Waals surface area contributed by atoms with Crippen LogP contribution in [0.15, 0.2) is 0 Å². The van der Waals surface area contributed by atoms with Crippen LogP contribution in [-0.4, -0.2) is 40.9 Å². The van der Waals surface area contributed by atoms with Crippen molar-refractivity contribution in [1.29, 1.82) is 0 Å². The van der Waals surface area contributed by atoms with Crippen molar-refractivity contribution in [2.24, 2.45) is 0 Å². The Hall–Kier alpha value is 1.75. The molecule has 0 aromatic heterocycles. The second kappa shape index (κ2) is 20.0. The molecule has 0 aliphatic carbocycles. The predicted octanol–water partition coefficient (Wildman–Crippen LogP) is 7.56. The van der Waals surface area contributed by atoms with Crippen molar-refractivity contribution in [2.75, 3.05) is 13.2 Å². The topological polar surface area (TPSA) is 18.5 Å². The Kier molecular flexibility index (Phi) is 21.4. The fourth-order valence-electron chi connectivity index (χ4n) is 3.24. The molecule has 0 aromatic rings. The van der Waals surface area contributed by atoms with Crippen molar-refractivity contribution >= 4 is 58.8 Å². The highest BCUT2D eigenvalue weighted by Crippen LogP contribution is 2.48. The first-order valence-corrected chi connectivity index (χ1v) is 20.1. The van der Waals surface area contributed by atoms with E-state index in [2.05, 4.69) is 41.5 Å². The summed E-state index contributed by atoms with van der Waals surface area (Å²) in [6.45, 7) is 15.2. The van der Waals surface area contributed by atoms with E-state index in [9.17, 15) is 0 Å². The molecule has 0 aromatic carbocycles. The van der Waals surface area contributed by atoms with Gasteiger partial charge >= 0.3 is 0 Å². The van der Waals surface area contributed by atoms with Gasteiger partial charge in [-0.1, -0.05) is 99.1 Å². The summed E-state index contributed by atoms with van der Waals surface area (Å²) in [7, 11) is 6.23. The summed E-state index contributed by atoms with van der Waals surface area (Å²) in [5.74, 6) is 0. The van der Waals surface area contributed by atoms with Crippen LogP contribution in [0.4, 0.5) is 0 Å². The summed E-state index contributed by atoms with van der Waals surface area (Å²) < 4.78 is 12.3. The van der Waals surface area contributed by atoms with Gasteiger partial charge in [0.2, 0.25) is 0 Å². The van der Waals surface area contributed by atoms with Gasteiger partial charge in [-0.3, -0.25) is 0 Å². The molecule has 0 heterocycles. The van der Waals surface area contributed by atoms with Crippen LogP contribution in [-0.2, 0) is 9.47 Å². The van der Waals surface area contributed by atoms with Crippen molar-refractivity contribution in [3.63, 3.8) is 0 Å². The van der Waals surface area contributed by atoms with Crippen molar-refractivity contribution in [3.05, 3.63) is 0 Å². The van der Waals surface area contributed by atoms with Gasteiger partial charge in [0.25, 0.3) is 0 Å². The zero-order chi connectivity index (χ0) is 19.6. The van der Waals surface area contributed by atoms with E-state index in [1.807, 2.05) is 41.2 Å². The Morgan fingerprint density at radius 3 is 1.12 bits per heavy atom. The lowest BCUT2D eigenvalue weighted by atomic mass is 10.6. The summed E-state index contributed by atoms with van der Waals surface area (Å²) in [5.41, 5.74) is 0. The third-order valence-corrected chi connectivity index (χ3v) is 21.9. The lowest BCUT2D eigenvalue weighted by molar-refractivity contribution is 0.169. The van der Waals surface area contributed by atoms with Crippen LogP contribution in [0.1, 0.15) is 67.2 Å². The van der Waals surface area contributed by atoms with Crippen LogP contribution in [0.3, 0.4) is 0 Å². The van der Waals surface area contributed by atoms with E-state index in [-0.39, 0.29) is 0 Å². The minimum absolute atomic E-state index is 0.461. The van der Waals surface area contributed by atoms with Crippen LogP contribution in [0.5, 0.6) is 0 Å². The maximum absolute atomic E-state index is 6.15. The summed E-state index contributed by atoms with van der Waals surface area (Å²) in [5, 5.41) is 0.922. The van der Waals surface area contributed by atoms with Crippen molar-refractivity contribution < 1.29 is 9.47 Å². The van der Waals surface area contributed by atoms with Gasteiger partial charge in [0, 0.05) is 13.2 Å². The monoisotopic (exact) mass is 474 g/mol. The smallest absolute Gasteiger partial charge is 0.0987 e. The van der Waals surface area contributed by atoms with Gasteiger partial charge < -0.3 is 9.47 Å². The minimum Gasteiger partial charge on any atom is -0.371 e. The highest BCUT2D eigenvalue weighted by atomic mass is 33.7. The zero-order valence-electron chi connectivity index (χ0n) is 17.8. The largest absolute Gasteiger partial charge is 0.371 e. The molecule has 0 aliphatic heterocycles. The van der Waals surface area contributed by atoms with Crippen LogP contribution >= 0.6 is 41.2 Å². The Morgan fingerprint density at radius 1 is 0.577 bits per heavy atom. The molecular weight excluding hydrogens is 433 g/mol. The van der Waals surface area contributed by atoms with Gasteiger partial charge in [0.05, 0.1) is 27.7 Å². The minimum atomic E-state index is -0.814. The normalized spacial score (nSPS) is 14.3. The van der Waals surface area contributed by atoms with Crippen LogP contribution < -0.4 is 0 Å². The van der Waals surface area contributed by atoms with E-state index in [0.717, 1.165) is 13.2 Å². The van der Waals surface area contributed by atoms with E-state index >= 15 is 0 Å². The number of ether oxygens (including phenoxy) is 2. The van der Waals surface area contributed by atoms with Crippen LogP contribution in [0, 0.1) is 0 Å². The summed E-state index contributed by atoms with van der Waals surface area (Å²) in [6.07, 6.45) is 5.23. The number of rotatable bonds is 19. The molecule has 0 fully saturated rings. The SMILES string of the molecule is CCC[SiH](CCC)C(OCC)SSSSC(OCC)[SiH](CCC)CCC. The van der Waals surface area contributed by atoms with Crippen LogP contribution in [0.25, 0.3) is 0 Å². The molecule has 0 saturated carbocycles. The number of hydrogen-bond donors (Lipinski definition) is 0. The lowest BCUT2D eigenvalue weighted by Crippen LogP contribution is -2.30. The first-order valence-electron chi connectivity index (χ1n) is 10.6. The molecule has 158 valence electrons. The Bertz CT molecular complexity index is 264. The fourth-order valence-corrected chi connectivity index (χ4v) is 22.3. The molecule has 0 amide bonds.